The van der Waals surface area contributed by atoms with Crippen molar-refractivity contribution < 1.29 is 19.5 Å². The SMILES string of the molecule is CC(=O)N(CCc1ccccc1)CC(=O)N1CC(C)CC(C(=O)O)C1. The molecule has 0 saturated carbocycles. The predicted molar refractivity (Wildman–Crippen MR) is 93.9 cm³/mol. The van der Waals surface area contributed by atoms with Crippen LogP contribution < -0.4 is 0 Å². The van der Waals surface area contributed by atoms with Crippen molar-refractivity contribution in [2.45, 2.75) is 26.7 Å². The lowest BCUT2D eigenvalue weighted by molar-refractivity contribution is -0.148. The fraction of sp³-hybridized carbons (Fsp3) is 0.526. The van der Waals surface area contributed by atoms with Crippen LogP contribution in [0.15, 0.2) is 30.3 Å². The highest BCUT2D eigenvalue weighted by molar-refractivity contribution is 5.84. The molecule has 6 heteroatoms. The smallest absolute Gasteiger partial charge is 0.308 e. The van der Waals surface area contributed by atoms with Gasteiger partial charge in [-0.05, 0) is 24.3 Å². The third-order valence-electron chi connectivity index (χ3n) is 4.65. The van der Waals surface area contributed by atoms with Gasteiger partial charge in [-0.3, -0.25) is 14.4 Å². The Labute approximate surface area is 148 Å². The standard InChI is InChI=1S/C19H26N2O4/c1-14-10-17(19(24)25)12-21(11-14)18(23)13-20(15(2)22)9-8-16-6-4-3-5-7-16/h3-7,14,17H,8-13H2,1-2H3,(H,24,25). The number of carboxylic acids is 1. The van der Waals surface area contributed by atoms with Gasteiger partial charge in [0.1, 0.15) is 0 Å². The number of piperidine rings is 1. The molecular weight excluding hydrogens is 320 g/mol. The number of carbonyl (C=O) groups is 3. The second kappa shape index (κ2) is 8.65. The van der Waals surface area contributed by atoms with Crippen LogP contribution in [-0.2, 0) is 20.8 Å². The summed E-state index contributed by atoms with van der Waals surface area (Å²) in [6.45, 7) is 4.65. The highest BCUT2D eigenvalue weighted by Crippen LogP contribution is 2.22. The van der Waals surface area contributed by atoms with E-state index in [0.717, 1.165) is 5.56 Å². The fourth-order valence-electron chi connectivity index (χ4n) is 3.25. The van der Waals surface area contributed by atoms with E-state index in [2.05, 4.69) is 0 Å². The number of amides is 2. The number of benzene rings is 1. The minimum absolute atomic E-state index is 0.00122. The molecule has 0 bridgehead atoms. The van der Waals surface area contributed by atoms with Crippen LogP contribution >= 0.6 is 0 Å². The van der Waals surface area contributed by atoms with Gasteiger partial charge in [0.15, 0.2) is 0 Å². The van der Waals surface area contributed by atoms with Gasteiger partial charge >= 0.3 is 5.97 Å². The van der Waals surface area contributed by atoms with Crippen LogP contribution in [0.5, 0.6) is 0 Å². The highest BCUT2D eigenvalue weighted by Gasteiger charge is 2.32. The summed E-state index contributed by atoms with van der Waals surface area (Å²) >= 11 is 0. The average Bonchev–Trinajstić information content (AvgIpc) is 2.58. The summed E-state index contributed by atoms with van der Waals surface area (Å²) in [4.78, 5) is 38.8. The number of rotatable bonds is 6. The second-order valence-corrected chi connectivity index (χ2v) is 6.85. The predicted octanol–water partition coefficient (Wildman–Crippen LogP) is 1.65. The Bertz CT molecular complexity index is 617. The van der Waals surface area contributed by atoms with Crippen molar-refractivity contribution in [2.24, 2.45) is 11.8 Å². The molecule has 2 atom stereocenters. The van der Waals surface area contributed by atoms with Crippen molar-refractivity contribution in [3.63, 3.8) is 0 Å². The first kappa shape index (κ1) is 19.0. The summed E-state index contributed by atoms with van der Waals surface area (Å²) in [7, 11) is 0. The van der Waals surface area contributed by atoms with E-state index in [1.165, 1.54) is 11.8 Å². The molecule has 1 N–H and O–H groups in total. The summed E-state index contributed by atoms with van der Waals surface area (Å²) in [5, 5.41) is 9.23. The van der Waals surface area contributed by atoms with Crippen LogP contribution in [0.3, 0.4) is 0 Å². The van der Waals surface area contributed by atoms with Crippen LogP contribution in [-0.4, -0.2) is 58.9 Å². The minimum atomic E-state index is -0.864. The first-order chi connectivity index (χ1) is 11.9. The van der Waals surface area contributed by atoms with Gasteiger partial charge in [0.05, 0.1) is 12.5 Å². The number of carbonyl (C=O) groups excluding carboxylic acids is 2. The number of hydrogen-bond acceptors (Lipinski definition) is 3. The van der Waals surface area contributed by atoms with E-state index < -0.39 is 11.9 Å². The number of nitrogens with zero attached hydrogens (tertiary/aromatic N) is 2. The van der Waals surface area contributed by atoms with E-state index in [0.29, 0.717) is 25.9 Å². The topological polar surface area (TPSA) is 77.9 Å². The van der Waals surface area contributed by atoms with Crippen molar-refractivity contribution in [3.8, 4) is 0 Å². The van der Waals surface area contributed by atoms with Crippen LogP contribution in [0.25, 0.3) is 0 Å². The average molecular weight is 346 g/mol. The van der Waals surface area contributed by atoms with Gasteiger partial charge in [-0.2, -0.15) is 0 Å². The molecule has 1 fully saturated rings. The molecule has 6 nitrogen and oxygen atoms in total. The largest absolute Gasteiger partial charge is 0.481 e. The van der Waals surface area contributed by atoms with Gasteiger partial charge in [0.25, 0.3) is 0 Å². The molecule has 1 aromatic rings. The lowest BCUT2D eigenvalue weighted by Crippen LogP contribution is -2.49. The maximum atomic E-state index is 12.6. The minimum Gasteiger partial charge on any atom is -0.481 e. The zero-order chi connectivity index (χ0) is 18.4. The van der Waals surface area contributed by atoms with E-state index >= 15 is 0 Å². The van der Waals surface area contributed by atoms with Crippen LogP contribution in [0.1, 0.15) is 25.8 Å². The second-order valence-electron chi connectivity index (χ2n) is 6.85. The Morgan fingerprint density at radius 2 is 1.88 bits per heavy atom. The number of hydrogen-bond donors (Lipinski definition) is 1. The van der Waals surface area contributed by atoms with E-state index in [1.807, 2.05) is 37.3 Å². The molecule has 1 aliphatic heterocycles. The quantitative estimate of drug-likeness (QED) is 0.849. The van der Waals surface area contributed by atoms with Crippen LogP contribution in [0, 0.1) is 11.8 Å². The lowest BCUT2D eigenvalue weighted by Gasteiger charge is -2.35. The molecule has 0 spiro atoms. The molecule has 2 rings (SSSR count). The number of likely N-dealkylation sites (tertiary alicyclic amines) is 1. The van der Waals surface area contributed by atoms with Crippen LogP contribution in [0.4, 0.5) is 0 Å². The normalized spacial score (nSPS) is 20.2. The Hall–Kier alpha value is -2.37. The third kappa shape index (κ3) is 5.59. The maximum Gasteiger partial charge on any atom is 0.308 e. The van der Waals surface area contributed by atoms with E-state index in [-0.39, 0.29) is 30.8 Å². The molecule has 136 valence electrons. The molecule has 1 heterocycles. The van der Waals surface area contributed by atoms with Crippen molar-refractivity contribution in [1.29, 1.82) is 0 Å². The molecule has 0 radical (unpaired) electrons. The van der Waals surface area contributed by atoms with Gasteiger partial charge in [0.2, 0.25) is 11.8 Å². The van der Waals surface area contributed by atoms with Crippen LogP contribution in [0.2, 0.25) is 0 Å². The first-order valence-corrected chi connectivity index (χ1v) is 8.66. The maximum absolute atomic E-state index is 12.6. The molecular formula is C19H26N2O4. The zero-order valence-corrected chi connectivity index (χ0v) is 14.9. The summed E-state index contributed by atoms with van der Waals surface area (Å²) in [5.74, 6) is -1.57. The van der Waals surface area contributed by atoms with Gasteiger partial charge in [0, 0.05) is 26.6 Å². The summed E-state index contributed by atoms with van der Waals surface area (Å²) < 4.78 is 0. The van der Waals surface area contributed by atoms with Gasteiger partial charge in [-0.15, -0.1) is 0 Å². The van der Waals surface area contributed by atoms with Gasteiger partial charge in [-0.1, -0.05) is 37.3 Å². The first-order valence-electron chi connectivity index (χ1n) is 8.66. The fourth-order valence-corrected chi connectivity index (χ4v) is 3.25. The summed E-state index contributed by atoms with van der Waals surface area (Å²) in [6, 6.07) is 9.81. The molecule has 1 aromatic carbocycles. The Balaban J connectivity index is 1.95. The zero-order valence-electron chi connectivity index (χ0n) is 14.9. The van der Waals surface area contributed by atoms with Crippen molar-refractivity contribution in [1.82, 2.24) is 9.80 Å². The van der Waals surface area contributed by atoms with Crippen molar-refractivity contribution >= 4 is 17.8 Å². The monoisotopic (exact) mass is 346 g/mol. The number of carboxylic acid groups (broad SMARTS) is 1. The number of aliphatic carboxylic acids is 1. The summed E-state index contributed by atoms with van der Waals surface area (Å²) in [6.07, 6.45) is 1.27. The Morgan fingerprint density at radius 3 is 2.48 bits per heavy atom. The summed E-state index contributed by atoms with van der Waals surface area (Å²) in [5.41, 5.74) is 1.11. The van der Waals surface area contributed by atoms with Crippen molar-refractivity contribution in [2.75, 3.05) is 26.2 Å². The molecule has 2 unspecified atom stereocenters. The molecule has 25 heavy (non-hydrogen) atoms. The molecule has 1 aliphatic rings. The van der Waals surface area contributed by atoms with Gasteiger partial charge in [-0.25, -0.2) is 0 Å². The molecule has 0 aromatic heterocycles. The molecule has 0 aliphatic carbocycles. The third-order valence-corrected chi connectivity index (χ3v) is 4.65. The Morgan fingerprint density at radius 1 is 1.20 bits per heavy atom. The molecule has 2 amide bonds. The van der Waals surface area contributed by atoms with Crippen molar-refractivity contribution in [3.05, 3.63) is 35.9 Å². The highest BCUT2D eigenvalue weighted by atomic mass is 16.4. The Kier molecular flexibility index (Phi) is 6.56. The lowest BCUT2D eigenvalue weighted by atomic mass is 9.90. The molecule has 1 saturated heterocycles. The van der Waals surface area contributed by atoms with E-state index in [1.54, 1.807) is 4.90 Å². The van der Waals surface area contributed by atoms with E-state index in [4.69, 9.17) is 0 Å². The van der Waals surface area contributed by atoms with Gasteiger partial charge < -0.3 is 14.9 Å². The van der Waals surface area contributed by atoms with E-state index in [9.17, 15) is 19.5 Å².